The Morgan fingerprint density at radius 2 is 1.83 bits per heavy atom. The topological polar surface area (TPSA) is 29.1 Å². The predicted octanol–water partition coefficient (Wildman–Crippen LogP) is 1.85. The molecule has 2 heteroatoms. The van der Waals surface area contributed by atoms with Crippen molar-refractivity contribution in [3.05, 3.63) is 0 Å². The van der Waals surface area contributed by atoms with Crippen molar-refractivity contribution in [1.29, 1.82) is 0 Å². The molecule has 1 spiro atoms. The monoisotopic (exact) mass is 167 g/mol. The molecular formula is C10H17NO. The first-order valence-electron chi connectivity index (χ1n) is 5.08. The highest BCUT2D eigenvalue weighted by atomic mass is 16.1. The van der Waals surface area contributed by atoms with E-state index >= 15 is 0 Å². The van der Waals surface area contributed by atoms with E-state index in [2.05, 4.69) is 5.32 Å². The quantitative estimate of drug-likeness (QED) is 0.586. The maximum atomic E-state index is 11.1. The molecule has 0 aromatic heterocycles. The van der Waals surface area contributed by atoms with Gasteiger partial charge in [0.15, 0.2) is 0 Å². The third-order valence-electron chi connectivity index (χ3n) is 3.52. The first kappa shape index (κ1) is 8.09. The van der Waals surface area contributed by atoms with Crippen LogP contribution in [-0.4, -0.2) is 12.5 Å². The van der Waals surface area contributed by atoms with Crippen LogP contribution in [0.3, 0.4) is 0 Å². The summed E-state index contributed by atoms with van der Waals surface area (Å²) in [5, 5.41) is 2.96. The van der Waals surface area contributed by atoms with E-state index in [0.717, 1.165) is 19.4 Å². The summed E-state index contributed by atoms with van der Waals surface area (Å²) < 4.78 is 0. The van der Waals surface area contributed by atoms with E-state index in [9.17, 15) is 4.79 Å². The second-order valence-corrected chi connectivity index (χ2v) is 4.31. The molecule has 0 aromatic carbocycles. The van der Waals surface area contributed by atoms with Gasteiger partial charge in [0.2, 0.25) is 5.91 Å². The van der Waals surface area contributed by atoms with E-state index in [1.807, 2.05) is 0 Å². The Morgan fingerprint density at radius 3 is 2.58 bits per heavy atom. The first-order chi connectivity index (χ1) is 5.81. The molecule has 68 valence electrons. The second-order valence-electron chi connectivity index (χ2n) is 4.31. The summed E-state index contributed by atoms with van der Waals surface area (Å²) in [6.07, 6.45) is 8.61. The van der Waals surface area contributed by atoms with Gasteiger partial charge in [0.1, 0.15) is 0 Å². The van der Waals surface area contributed by atoms with Crippen molar-refractivity contribution in [2.75, 3.05) is 6.54 Å². The second kappa shape index (κ2) is 3.08. The van der Waals surface area contributed by atoms with Crippen molar-refractivity contribution in [2.45, 2.75) is 44.9 Å². The highest BCUT2D eigenvalue weighted by Crippen LogP contribution is 2.45. The molecule has 0 bridgehead atoms. The first-order valence-corrected chi connectivity index (χ1v) is 5.08. The number of nitrogens with one attached hydrogen (secondary N) is 1. The maximum Gasteiger partial charge on any atom is 0.220 e. The molecule has 0 atom stereocenters. The van der Waals surface area contributed by atoms with E-state index in [1.165, 1.54) is 32.1 Å². The van der Waals surface area contributed by atoms with Crippen molar-refractivity contribution in [2.24, 2.45) is 5.41 Å². The van der Waals surface area contributed by atoms with Gasteiger partial charge in [0, 0.05) is 13.0 Å². The van der Waals surface area contributed by atoms with E-state index in [0.29, 0.717) is 5.41 Å². The minimum absolute atomic E-state index is 0.263. The SMILES string of the molecule is O=C1CCC2(CCCC2)CCN1. The van der Waals surface area contributed by atoms with Crippen LogP contribution in [0.4, 0.5) is 0 Å². The van der Waals surface area contributed by atoms with Gasteiger partial charge in [0.25, 0.3) is 0 Å². The van der Waals surface area contributed by atoms with Crippen molar-refractivity contribution >= 4 is 5.91 Å². The zero-order chi connectivity index (χ0) is 8.44. The summed E-state index contributed by atoms with van der Waals surface area (Å²) in [5.41, 5.74) is 0.555. The Kier molecular flexibility index (Phi) is 2.07. The molecule has 1 amide bonds. The van der Waals surface area contributed by atoms with Crippen molar-refractivity contribution in [3.8, 4) is 0 Å². The van der Waals surface area contributed by atoms with Gasteiger partial charge in [-0.2, -0.15) is 0 Å². The lowest BCUT2D eigenvalue weighted by Gasteiger charge is -2.25. The van der Waals surface area contributed by atoms with Gasteiger partial charge in [-0.05, 0) is 31.1 Å². The lowest BCUT2D eigenvalue weighted by Crippen LogP contribution is -2.22. The minimum atomic E-state index is 0.263. The Morgan fingerprint density at radius 1 is 1.08 bits per heavy atom. The van der Waals surface area contributed by atoms with Gasteiger partial charge in [-0.15, -0.1) is 0 Å². The Balaban J connectivity index is 2.01. The molecule has 1 aliphatic carbocycles. The van der Waals surface area contributed by atoms with Crippen molar-refractivity contribution < 1.29 is 4.79 Å². The van der Waals surface area contributed by atoms with Crippen LogP contribution in [0.1, 0.15) is 44.9 Å². The maximum absolute atomic E-state index is 11.1. The van der Waals surface area contributed by atoms with Crippen LogP contribution >= 0.6 is 0 Å². The predicted molar refractivity (Wildman–Crippen MR) is 47.8 cm³/mol. The van der Waals surface area contributed by atoms with Crippen LogP contribution in [0, 0.1) is 5.41 Å². The average molecular weight is 167 g/mol. The number of carbonyl (C=O) groups excluding carboxylic acids is 1. The summed E-state index contributed by atoms with van der Waals surface area (Å²) in [6.45, 7) is 0.916. The normalized spacial score (nSPS) is 28.5. The Labute approximate surface area is 73.7 Å². The fraction of sp³-hybridized carbons (Fsp3) is 0.900. The molecule has 0 aromatic rings. The number of carbonyl (C=O) groups is 1. The highest BCUT2D eigenvalue weighted by molar-refractivity contribution is 5.76. The third-order valence-corrected chi connectivity index (χ3v) is 3.52. The standard InChI is InChI=1S/C10H17NO/c12-9-3-6-10(7-8-11-9)4-1-2-5-10/h1-8H2,(H,11,12). The smallest absolute Gasteiger partial charge is 0.220 e. The number of hydrogen-bond donors (Lipinski definition) is 1. The van der Waals surface area contributed by atoms with Crippen LogP contribution < -0.4 is 5.32 Å². The lowest BCUT2D eigenvalue weighted by molar-refractivity contribution is -0.120. The van der Waals surface area contributed by atoms with Crippen molar-refractivity contribution in [3.63, 3.8) is 0 Å². The fourth-order valence-corrected chi connectivity index (χ4v) is 2.68. The third kappa shape index (κ3) is 1.47. The Hall–Kier alpha value is -0.530. The number of rotatable bonds is 0. The molecular weight excluding hydrogens is 150 g/mol. The number of amides is 1. The van der Waals surface area contributed by atoms with Crippen LogP contribution in [0.15, 0.2) is 0 Å². The molecule has 1 heterocycles. The van der Waals surface area contributed by atoms with E-state index in [1.54, 1.807) is 0 Å². The lowest BCUT2D eigenvalue weighted by atomic mass is 9.79. The number of hydrogen-bond acceptors (Lipinski definition) is 1. The molecule has 2 nitrogen and oxygen atoms in total. The summed E-state index contributed by atoms with van der Waals surface area (Å²) in [7, 11) is 0. The zero-order valence-electron chi connectivity index (χ0n) is 7.57. The van der Waals surface area contributed by atoms with E-state index in [4.69, 9.17) is 0 Å². The van der Waals surface area contributed by atoms with E-state index in [-0.39, 0.29) is 5.91 Å². The Bertz CT molecular complexity index is 182. The van der Waals surface area contributed by atoms with Gasteiger partial charge in [-0.25, -0.2) is 0 Å². The molecule has 0 unspecified atom stereocenters. The van der Waals surface area contributed by atoms with Crippen molar-refractivity contribution in [1.82, 2.24) is 5.32 Å². The molecule has 1 aliphatic heterocycles. The summed E-state index contributed by atoms with van der Waals surface area (Å²) >= 11 is 0. The van der Waals surface area contributed by atoms with Gasteiger partial charge in [0.05, 0.1) is 0 Å². The molecule has 0 radical (unpaired) electrons. The molecule has 2 fully saturated rings. The highest BCUT2D eigenvalue weighted by Gasteiger charge is 2.34. The van der Waals surface area contributed by atoms with Gasteiger partial charge < -0.3 is 5.32 Å². The molecule has 1 saturated heterocycles. The zero-order valence-corrected chi connectivity index (χ0v) is 7.57. The summed E-state index contributed by atoms with van der Waals surface area (Å²) in [4.78, 5) is 11.1. The largest absolute Gasteiger partial charge is 0.356 e. The fourth-order valence-electron chi connectivity index (χ4n) is 2.68. The average Bonchev–Trinajstić information content (AvgIpc) is 2.42. The molecule has 1 N–H and O–H groups in total. The summed E-state index contributed by atoms with van der Waals surface area (Å²) in [6, 6.07) is 0. The molecule has 2 aliphatic rings. The van der Waals surface area contributed by atoms with Gasteiger partial charge in [-0.1, -0.05) is 12.8 Å². The molecule has 1 saturated carbocycles. The van der Waals surface area contributed by atoms with Crippen LogP contribution in [-0.2, 0) is 4.79 Å². The summed E-state index contributed by atoms with van der Waals surface area (Å²) in [5.74, 6) is 0.263. The molecule has 12 heavy (non-hydrogen) atoms. The van der Waals surface area contributed by atoms with E-state index < -0.39 is 0 Å². The van der Waals surface area contributed by atoms with Crippen LogP contribution in [0.25, 0.3) is 0 Å². The van der Waals surface area contributed by atoms with Crippen LogP contribution in [0.2, 0.25) is 0 Å². The van der Waals surface area contributed by atoms with Gasteiger partial charge >= 0.3 is 0 Å². The van der Waals surface area contributed by atoms with Crippen LogP contribution in [0.5, 0.6) is 0 Å². The minimum Gasteiger partial charge on any atom is -0.356 e. The molecule has 2 rings (SSSR count). The van der Waals surface area contributed by atoms with Gasteiger partial charge in [-0.3, -0.25) is 4.79 Å².